The number of unbranched alkanes of at least 4 members (excludes halogenated alkanes) is 4. The third kappa shape index (κ3) is 9.75. The number of hydrogen-bond donors (Lipinski definition) is 4. The first-order valence-electron chi connectivity index (χ1n) is 7.00. The van der Waals surface area contributed by atoms with E-state index in [0.717, 1.165) is 38.5 Å². The molecular weight excluding hydrogens is 260 g/mol. The molecule has 0 fully saturated rings. The van der Waals surface area contributed by atoms with Crippen molar-refractivity contribution in [3.05, 3.63) is 0 Å². The standard InChI is InChI=1S/C14H26O4.2H3N/c1-3-5-7-9-11(13(15)16)12(14(17)18)10-8-6-4-2;;/h11-12H,3-10H2,1-2H3,(H,15,16)(H,17,18);2*1H3. The van der Waals surface area contributed by atoms with Gasteiger partial charge in [0.2, 0.25) is 0 Å². The lowest BCUT2D eigenvalue weighted by Gasteiger charge is -2.20. The highest BCUT2D eigenvalue weighted by Gasteiger charge is 2.32. The van der Waals surface area contributed by atoms with E-state index in [2.05, 4.69) is 0 Å². The summed E-state index contributed by atoms with van der Waals surface area (Å²) in [5, 5.41) is 18.4. The third-order valence-electron chi connectivity index (χ3n) is 3.36. The summed E-state index contributed by atoms with van der Waals surface area (Å²) in [4.78, 5) is 22.4. The minimum Gasteiger partial charge on any atom is -0.481 e. The van der Waals surface area contributed by atoms with Crippen LogP contribution in [0.3, 0.4) is 0 Å². The van der Waals surface area contributed by atoms with Crippen LogP contribution in [0.2, 0.25) is 0 Å². The van der Waals surface area contributed by atoms with Crippen LogP contribution in [0.1, 0.15) is 65.2 Å². The SMILES string of the molecule is CCCCCC(C(=O)O)C(CCCCC)C(=O)O.N.N. The fourth-order valence-corrected chi connectivity index (χ4v) is 2.22. The Balaban J connectivity index is -0.00000144. The molecule has 0 heterocycles. The number of aliphatic carboxylic acids is 2. The van der Waals surface area contributed by atoms with Gasteiger partial charge in [0.05, 0.1) is 11.8 Å². The molecule has 0 radical (unpaired) electrons. The van der Waals surface area contributed by atoms with Crippen LogP contribution in [0.4, 0.5) is 0 Å². The molecule has 0 aromatic carbocycles. The van der Waals surface area contributed by atoms with Gasteiger partial charge in [-0.05, 0) is 12.8 Å². The lowest BCUT2D eigenvalue weighted by molar-refractivity contribution is -0.154. The number of rotatable bonds is 11. The molecule has 0 amide bonds. The highest BCUT2D eigenvalue weighted by Crippen LogP contribution is 2.25. The Bertz CT molecular complexity index is 234. The van der Waals surface area contributed by atoms with E-state index < -0.39 is 23.8 Å². The molecule has 2 unspecified atom stereocenters. The van der Waals surface area contributed by atoms with Crippen LogP contribution in [0.15, 0.2) is 0 Å². The van der Waals surface area contributed by atoms with Crippen LogP contribution in [0, 0.1) is 11.8 Å². The van der Waals surface area contributed by atoms with E-state index in [0.29, 0.717) is 12.8 Å². The second-order valence-electron chi connectivity index (χ2n) is 4.88. The summed E-state index contributed by atoms with van der Waals surface area (Å²) in [6.07, 6.45) is 6.50. The van der Waals surface area contributed by atoms with Crippen molar-refractivity contribution in [1.29, 1.82) is 0 Å². The van der Waals surface area contributed by atoms with Crippen molar-refractivity contribution in [2.24, 2.45) is 11.8 Å². The van der Waals surface area contributed by atoms with Gasteiger partial charge in [0.1, 0.15) is 0 Å². The second-order valence-corrected chi connectivity index (χ2v) is 4.88. The molecule has 0 rings (SSSR count). The Kier molecular flexibility index (Phi) is 17.1. The quantitative estimate of drug-likeness (QED) is 0.425. The maximum atomic E-state index is 11.2. The zero-order valence-corrected chi connectivity index (χ0v) is 12.9. The second kappa shape index (κ2) is 14.3. The van der Waals surface area contributed by atoms with Crippen LogP contribution < -0.4 is 12.3 Å². The van der Waals surface area contributed by atoms with E-state index in [4.69, 9.17) is 0 Å². The Hall–Kier alpha value is -1.14. The molecule has 0 aromatic heterocycles. The van der Waals surface area contributed by atoms with Crippen LogP contribution in [0.5, 0.6) is 0 Å². The molecule has 0 aliphatic heterocycles. The molecule has 6 heteroatoms. The van der Waals surface area contributed by atoms with Gasteiger partial charge in [0.15, 0.2) is 0 Å². The molecule has 2 atom stereocenters. The largest absolute Gasteiger partial charge is 0.481 e. The lowest BCUT2D eigenvalue weighted by atomic mass is 9.84. The number of carboxylic acid groups (broad SMARTS) is 2. The molecule has 0 aromatic rings. The van der Waals surface area contributed by atoms with Crippen molar-refractivity contribution < 1.29 is 19.8 Å². The summed E-state index contributed by atoms with van der Waals surface area (Å²) in [6, 6.07) is 0. The highest BCUT2D eigenvalue weighted by molar-refractivity contribution is 5.79. The van der Waals surface area contributed by atoms with Gasteiger partial charge >= 0.3 is 11.9 Å². The van der Waals surface area contributed by atoms with Gasteiger partial charge in [-0.2, -0.15) is 0 Å². The Morgan fingerprint density at radius 2 is 1.05 bits per heavy atom. The summed E-state index contributed by atoms with van der Waals surface area (Å²) in [7, 11) is 0. The molecule has 0 saturated heterocycles. The lowest BCUT2D eigenvalue weighted by Crippen LogP contribution is -2.30. The number of hydrogen-bond acceptors (Lipinski definition) is 4. The monoisotopic (exact) mass is 292 g/mol. The normalized spacial score (nSPS) is 12.7. The zero-order valence-electron chi connectivity index (χ0n) is 12.9. The summed E-state index contributed by atoms with van der Waals surface area (Å²) >= 11 is 0. The van der Waals surface area contributed by atoms with Crippen molar-refractivity contribution in [1.82, 2.24) is 12.3 Å². The van der Waals surface area contributed by atoms with Crippen molar-refractivity contribution in [3.8, 4) is 0 Å². The smallest absolute Gasteiger partial charge is 0.307 e. The first-order valence-corrected chi connectivity index (χ1v) is 7.00. The van der Waals surface area contributed by atoms with Crippen molar-refractivity contribution in [2.75, 3.05) is 0 Å². The van der Waals surface area contributed by atoms with Crippen LogP contribution >= 0.6 is 0 Å². The van der Waals surface area contributed by atoms with Crippen LogP contribution in [-0.2, 0) is 9.59 Å². The van der Waals surface area contributed by atoms with Crippen molar-refractivity contribution in [3.63, 3.8) is 0 Å². The highest BCUT2D eigenvalue weighted by atomic mass is 16.4. The average Bonchev–Trinajstić information content (AvgIpc) is 2.31. The molecule has 0 saturated carbocycles. The van der Waals surface area contributed by atoms with E-state index in [9.17, 15) is 19.8 Å². The molecule has 6 nitrogen and oxygen atoms in total. The van der Waals surface area contributed by atoms with E-state index in [1.807, 2.05) is 13.8 Å². The fraction of sp³-hybridized carbons (Fsp3) is 0.857. The molecular formula is C14H32N2O4. The fourth-order valence-electron chi connectivity index (χ4n) is 2.22. The van der Waals surface area contributed by atoms with E-state index in [-0.39, 0.29) is 12.3 Å². The Morgan fingerprint density at radius 3 is 1.25 bits per heavy atom. The van der Waals surface area contributed by atoms with Crippen molar-refractivity contribution in [2.45, 2.75) is 65.2 Å². The zero-order chi connectivity index (χ0) is 14.0. The minimum atomic E-state index is -0.963. The molecule has 8 N–H and O–H groups in total. The third-order valence-corrected chi connectivity index (χ3v) is 3.36. The predicted molar refractivity (Wildman–Crippen MR) is 80.6 cm³/mol. The topological polar surface area (TPSA) is 145 Å². The number of carboxylic acids is 2. The van der Waals surface area contributed by atoms with Gasteiger partial charge in [-0.1, -0.05) is 52.4 Å². The van der Waals surface area contributed by atoms with Gasteiger partial charge in [-0.25, -0.2) is 0 Å². The molecule has 0 spiro atoms. The molecule has 20 heavy (non-hydrogen) atoms. The average molecular weight is 292 g/mol. The van der Waals surface area contributed by atoms with Crippen LogP contribution in [0.25, 0.3) is 0 Å². The van der Waals surface area contributed by atoms with Crippen LogP contribution in [-0.4, -0.2) is 22.2 Å². The first kappa shape index (κ1) is 23.9. The van der Waals surface area contributed by atoms with Gasteiger partial charge in [0.25, 0.3) is 0 Å². The van der Waals surface area contributed by atoms with Gasteiger partial charge in [-0.3, -0.25) is 9.59 Å². The summed E-state index contributed by atoms with van der Waals surface area (Å²) in [5.41, 5.74) is 0. The number of carbonyl (C=O) groups is 2. The maximum absolute atomic E-state index is 11.2. The molecule has 122 valence electrons. The summed E-state index contributed by atoms with van der Waals surface area (Å²) in [6.45, 7) is 4.09. The predicted octanol–water partition coefficient (Wildman–Crippen LogP) is 3.87. The maximum Gasteiger partial charge on any atom is 0.307 e. The molecule has 0 bridgehead atoms. The first-order chi connectivity index (χ1) is 8.54. The van der Waals surface area contributed by atoms with Gasteiger partial charge in [0, 0.05) is 0 Å². The molecule has 0 aliphatic carbocycles. The van der Waals surface area contributed by atoms with Gasteiger partial charge in [-0.15, -0.1) is 0 Å². The van der Waals surface area contributed by atoms with E-state index in [1.54, 1.807) is 0 Å². The van der Waals surface area contributed by atoms with E-state index >= 15 is 0 Å². The summed E-state index contributed by atoms with van der Waals surface area (Å²) < 4.78 is 0. The Labute approximate surface area is 122 Å². The minimum absolute atomic E-state index is 0. The Morgan fingerprint density at radius 1 is 0.750 bits per heavy atom. The van der Waals surface area contributed by atoms with Gasteiger partial charge < -0.3 is 22.5 Å². The summed E-state index contributed by atoms with van der Waals surface area (Å²) in [5.74, 6) is -3.39. The van der Waals surface area contributed by atoms with Crippen molar-refractivity contribution >= 4 is 11.9 Å². The van der Waals surface area contributed by atoms with E-state index in [1.165, 1.54) is 0 Å². The molecule has 0 aliphatic rings.